The Hall–Kier alpha value is -5.40. The number of rotatable bonds is 4. The maximum Gasteiger partial charge on any atom is 0.306 e. The van der Waals surface area contributed by atoms with Crippen molar-refractivity contribution in [3.8, 4) is 11.6 Å². The summed E-state index contributed by atoms with van der Waals surface area (Å²) in [5.41, 5.74) is 0.736. The average Bonchev–Trinajstić information content (AvgIpc) is 3.84. The van der Waals surface area contributed by atoms with Crippen molar-refractivity contribution in [1.82, 2.24) is 29.5 Å². The lowest BCUT2D eigenvalue weighted by Gasteiger charge is -2.30. The summed E-state index contributed by atoms with van der Waals surface area (Å²) < 4.78 is 62.3. The lowest BCUT2D eigenvalue weighted by molar-refractivity contribution is -0.141. The average molecular weight is 702 g/mol. The van der Waals surface area contributed by atoms with Crippen LogP contribution in [0.5, 0.6) is 11.6 Å². The molecule has 0 radical (unpaired) electrons. The fourth-order valence-electron chi connectivity index (χ4n) is 6.69. The molecule has 3 atom stereocenters. The zero-order chi connectivity index (χ0) is 36.1. The van der Waals surface area contributed by atoms with E-state index in [1.54, 1.807) is 56.3 Å². The largest absolute Gasteiger partial charge is 0.481 e. The first-order valence-corrected chi connectivity index (χ1v) is 16.7. The number of fused-ring (bicyclic) bond motifs is 9. The number of aliphatic carboxylic acids is 1. The number of aryl methyl sites for hydroxylation is 1. The quantitative estimate of drug-likeness (QED) is 0.213. The van der Waals surface area contributed by atoms with Crippen molar-refractivity contribution in [1.29, 1.82) is 0 Å². The first-order chi connectivity index (χ1) is 24.2. The van der Waals surface area contributed by atoms with Gasteiger partial charge in [0.2, 0.25) is 5.88 Å². The number of nitrogens with one attached hydrogen (secondary N) is 1. The second kappa shape index (κ2) is 12.7. The van der Waals surface area contributed by atoms with Crippen LogP contribution in [0.15, 0.2) is 65.9 Å². The Labute approximate surface area is 291 Å². The fourth-order valence-corrected chi connectivity index (χ4v) is 6.69. The van der Waals surface area contributed by atoms with Crippen molar-refractivity contribution >= 4 is 28.8 Å². The van der Waals surface area contributed by atoms with Gasteiger partial charge < -0.3 is 19.6 Å². The lowest BCUT2D eigenvalue weighted by atomic mass is 9.76. The van der Waals surface area contributed by atoms with E-state index in [-0.39, 0.29) is 36.8 Å². The number of aromatic nitrogens is 6. The van der Waals surface area contributed by atoms with Crippen molar-refractivity contribution in [2.75, 3.05) is 6.61 Å². The number of halogens is 3. The van der Waals surface area contributed by atoms with Crippen LogP contribution in [0.1, 0.15) is 68.4 Å². The predicted molar refractivity (Wildman–Crippen MR) is 184 cm³/mol. The Bertz CT molecular complexity index is 2190. The maximum atomic E-state index is 15.9. The molecule has 2 aliphatic rings. The number of hydrogen-bond donors (Lipinski definition) is 2. The highest BCUT2D eigenvalue weighted by Gasteiger charge is 2.40. The van der Waals surface area contributed by atoms with Gasteiger partial charge in [-0.05, 0) is 50.0 Å². The Morgan fingerprint density at radius 3 is 2.76 bits per heavy atom. The molecule has 6 bridgehead atoms. The second-order valence-corrected chi connectivity index (χ2v) is 13.9. The number of H-pyrrole nitrogens is 1. The number of aliphatic imine (C=N–C) groups is 1. The number of carbonyl (C=O) groups is 1. The first-order valence-electron chi connectivity index (χ1n) is 16.7. The van der Waals surface area contributed by atoms with Crippen LogP contribution in [0, 0.1) is 11.7 Å². The van der Waals surface area contributed by atoms with E-state index in [0.29, 0.717) is 34.6 Å². The van der Waals surface area contributed by atoms with Crippen LogP contribution in [0.2, 0.25) is 0 Å². The van der Waals surface area contributed by atoms with Crippen LogP contribution in [-0.2, 0) is 30.2 Å². The van der Waals surface area contributed by atoms with Crippen molar-refractivity contribution in [2.45, 2.75) is 69.9 Å². The van der Waals surface area contributed by atoms with Gasteiger partial charge in [0.05, 0.1) is 17.9 Å². The topological polar surface area (TPSA) is 132 Å². The third-order valence-electron chi connectivity index (χ3n) is 9.74. The third kappa shape index (κ3) is 6.74. The molecule has 0 saturated heterocycles. The minimum Gasteiger partial charge on any atom is -0.481 e. The maximum absolute atomic E-state index is 15.9. The van der Waals surface area contributed by atoms with E-state index in [9.17, 15) is 9.90 Å². The zero-order valence-electron chi connectivity index (χ0n) is 28.7. The molecular weight excluding hydrogens is 663 g/mol. The zero-order valence-corrected chi connectivity index (χ0v) is 28.7. The molecule has 51 heavy (non-hydrogen) atoms. The van der Waals surface area contributed by atoms with Gasteiger partial charge in [-0.3, -0.25) is 14.5 Å². The third-order valence-corrected chi connectivity index (χ3v) is 9.74. The highest BCUT2D eigenvalue weighted by molar-refractivity contribution is 5.86. The van der Waals surface area contributed by atoms with Crippen LogP contribution < -0.4 is 9.47 Å². The summed E-state index contributed by atoms with van der Waals surface area (Å²) in [4.78, 5) is 24.2. The lowest BCUT2D eigenvalue weighted by Crippen LogP contribution is -2.33. The molecule has 2 aromatic carbocycles. The molecule has 0 spiro atoms. The number of carboxylic acids is 1. The van der Waals surface area contributed by atoms with Crippen LogP contribution in [0.4, 0.5) is 13.2 Å². The number of nitrogens with zero attached hydrogens (tertiary/aromatic N) is 6. The molecule has 11 nitrogen and oxygen atoms in total. The molecule has 5 heterocycles. The predicted octanol–water partition coefficient (Wildman–Crippen LogP) is 6.71. The van der Waals surface area contributed by atoms with Crippen molar-refractivity contribution in [3.05, 3.63) is 95.1 Å². The van der Waals surface area contributed by atoms with Gasteiger partial charge in [-0.15, -0.1) is 5.10 Å². The number of alkyl halides is 2. The summed E-state index contributed by atoms with van der Waals surface area (Å²) in [7, 11) is 1.70. The molecule has 0 saturated carbocycles. The molecule has 14 heteroatoms. The first kappa shape index (κ1) is 34.1. The smallest absolute Gasteiger partial charge is 0.306 e. The van der Waals surface area contributed by atoms with E-state index < -0.39 is 47.7 Å². The Kier molecular flexibility index (Phi) is 8.51. The minimum atomic E-state index is -3.26. The molecule has 5 aromatic rings. The van der Waals surface area contributed by atoms with E-state index >= 15 is 13.2 Å². The van der Waals surface area contributed by atoms with Gasteiger partial charge in [0.1, 0.15) is 11.3 Å². The summed E-state index contributed by atoms with van der Waals surface area (Å²) in [5, 5.41) is 19.3. The number of hydrogen-bond acceptors (Lipinski definition) is 7. The molecular formula is C37H38F3N7O4. The molecule has 0 fully saturated rings. The van der Waals surface area contributed by atoms with Crippen LogP contribution in [0.25, 0.3) is 16.6 Å². The van der Waals surface area contributed by atoms with E-state index in [2.05, 4.69) is 15.1 Å². The molecule has 266 valence electrons. The van der Waals surface area contributed by atoms with Gasteiger partial charge in [-0.2, -0.15) is 5.10 Å². The summed E-state index contributed by atoms with van der Waals surface area (Å²) in [6, 6.07) is 11.9. The number of ether oxygens (including phenoxy) is 2. The number of aromatic amines is 1. The highest BCUT2D eigenvalue weighted by atomic mass is 19.3. The van der Waals surface area contributed by atoms with Crippen LogP contribution >= 0.6 is 0 Å². The molecule has 0 aliphatic carbocycles. The Balaban J connectivity index is 1.35. The van der Waals surface area contributed by atoms with Gasteiger partial charge in [-0.1, -0.05) is 31.2 Å². The van der Waals surface area contributed by atoms with E-state index in [4.69, 9.17) is 19.6 Å². The molecule has 3 aromatic heterocycles. The van der Waals surface area contributed by atoms with Gasteiger partial charge >= 0.3 is 5.97 Å². The minimum absolute atomic E-state index is 0.00106. The van der Waals surface area contributed by atoms with Gasteiger partial charge in [0, 0.05) is 67.1 Å². The fraction of sp³-hybridized carbons (Fsp3) is 0.378. The monoisotopic (exact) mass is 701 g/mol. The molecule has 2 aliphatic heterocycles. The SMILES string of the molecule is C[C@@H](Cc1cccc(C2(C)CCC(F)(F)COc3ccn(n3)Cc3c(c(F)cc4[nH]ccc34)OC3(C)C=C(N=CC3)c3nc2nn3C)c1)C(=O)O. The normalized spacial score (nSPS) is 22.5. The summed E-state index contributed by atoms with van der Waals surface area (Å²) in [5.74, 6) is -4.73. The highest BCUT2D eigenvalue weighted by Crippen LogP contribution is 2.41. The van der Waals surface area contributed by atoms with E-state index in [1.807, 2.05) is 31.2 Å². The van der Waals surface area contributed by atoms with Crippen molar-refractivity contribution in [2.24, 2.45) is 18.0 Å². The second-order valence-electron chi connectivity index (χ2n) is 13.9. The summed E-state index contributed by atoms with van der Waals surface area (Å²) in [6.45, 7) is 4.41. The Morgan fingerprint density at radius 2 is 1.96 bits per heavy atom. The van der Waals surface area contributed by atoms with E-state index in [0.717, 1.165) is 10.9 Å². The summed E-state index contributed by atoms with van der Waals surface area (Å²) >= 11 is 0. The number of carboxylic acid groups (broad SMARTS) is 1. The standard InChI is InChI=1S/C37H38F3N7O4/c1-22(33(48)49)16-23-6-5-7-24(17-23)36(3)10-11-37(39,40)21-50-30-9-15-47(44-30)20-26-25-8-13-41-28(25)18-27(38)31(26)51-35(2)12-14-42-29(19-35)32-43-34(36)45-46(32)4/h5-9,13-15,17-19,22,41H,10-12,16,20-21H2,1-4H3,(H,48,49)/t22-,35?,36?/m0/s1. The number of benzene rings is 2. The van der Waals surface area contributed by atoms with Crippen molar-refractivity contribution in [3.63, 3.8) is 0 Å². The van der Waals surface area contributed by atoms with Crippen LogP contribution in [0.3, 0.4) is 0 Å². The van der Waals surface area contributed by atoms with Gasteiger partial charge in [0.15, 0.2) is 29.8 Å². The molecule has 2 unspecified atom stereocenters. The van der Waals surface area contributed by atoms with Gasteiger partial charge in [0.25, 0.3) is 5.92 Å². The molecule has 0 amide bonds. The Morgan fingerprint density at radius 1 is 1.14 bits per heavy atom. The molecule has 7 rings (SSSR count). The van der Waals surface area contributed by atoms with E-state index in [1.165, 1.54) is 16.8 Å². The molecule has 2 N–H and O–H groups in total. The summed E-state index contributed by atoms with van der Waals surface area (Å²) in [6.07, 6.45) is 6.71. The van der Waals surface area contributed by atoms with Crippen molar-refractivity contribution < 1.29 is 32.5 Å². The van der Waals surface area contributed by atoms with Crippen LogP contribution in [-0.4, -0.2) is 64.9 Å². The van der Waals surface area contributed by atoms with Gasteiger partial charge in [-0.25, -0.2) is 22.8 Å².